The Balaban J connectivity index is 0.000000180. The third kappa shape index (κ3) is 9.48. The molecule has 1 unspecified atom stereocenters. The van der Waals surface area contributed by atoms with Crippen molar-refractivity contribution in [2.45, 2.75) is 102 Å². The van der Waals surface area contributed by atoms with Crippen molar-refractivity contribution in [3.8, 4) is 39.4 Å². The van der Waals surface area contributed by atoms with Gasteiger partial charge in [-0.05, 0) is 72.9 Å². The minimum absolute atomic E-state index is 0. The molecule has 3 aromatic carbocycles. The number of furan rings is 1. The minimum atomic E-state index is -1.92. The number of aryl methyl sites for hydroxylation is 1. The van der Waals surface area contributed by atoms with Crippen LogP contribution in [0.25, 0.3) is 55.7 Å². The van der Waals surface area contributed by atoms with Crippen LogP contribution in [0.5, 0.6) is 5.75 Å². The van der Waals surface area contributed by atoms with E-state index in [-0.39, 0.29) is 20.1 Å². The summed E-state index contributed by atoms with van der Waals surface area (Å²) < 4.78 is 13.3. The van der Waals surface area contributed by atoms with Crippen LogP contribution in [0.4, 0.5) is 0 Å². The average Bonchev–Trinajstić information content (AvgIpc) is 3.92. The van der Waals surface area contributed by atoms with Gasteiger partial charge in [-0.15, -0.1) is 5.56 Å². The molecule has 0 N–H and O–H groups in total. The number of hydrogen-bond acceptors (Lipinski definition) is 5. The molecule has 5 nitrogen and oxygen atoms in total. The van der Waals surface area contributed by atoms with E-state index >= 15 is 0 Å². The second kappa shape index (κ2) is 18.7. The largest absolute Gasteiger partial charge is 0 e. The molecule has 61 heavy (non-hydrogen) atoms. The molecule has 0 aliphatic heterocycles. The number of rotatable bonds is 9. The summed E-state index contributed by atoms with van der Waals surface area (Å²) in [7, 11) is 1.70. The molecule has 0 amide bonds. The van der Waals surface area contributed by atoms with Crippen molar-refractivity contribution in [1.82, 2.24) is 15.0 Å². The summed E-state index contributed by atoms with van der Waals surface area (Å²) in [6.45, 7) is 4.40. The van der Waals surface area contributed by atoms with Gasteiger partial charge >= 0.3 is 150 Å². The predicted octanol–water partition coefficient (Wildman–Crippen LogP) is 13.3. The van der Waals surface area contributed by atoms with Gasteiger partial charge in [-0.25, -0.2) is 0 Å². The summed E-state index contributed by atoms with van der Waals surface area (Å²) in [5.41, 5.74) is 14.1. The molecule has 4 aliphatic rings. The Morgan fingerprint density at radius 3 is 2.33 bits per heavy atom. The van der Waals surface area contributed by atoms with Gasteiger partial charge in [0.05, 0.1) is 12.7 Å². The standard InChI is InChI=1S/C32H29N2O2.C22H30GeN.Ir/c1-35-29-5-3-2-4-26(29)23-10-11-30-27(17-23)32-31(36-30)18-25(19-34-32)28-16-21(12-13-33-28)15-24-14-20-6-8-22(24)9-7-20;1-16-9-8-12-19(13-16)22-17(2)20(14-18-10-6-7-11-18)21(15-24-22)23(3,4)5;/h2-5,10-13,16-17,19-20,22,24H,6-9,14-15H2,1H3;8-9,12,15,18H,6-7,10-11,14H2,1-5H3;/q2*-1;. The zero-order valence-electron chi connectivity index (χ0n) is 36.7. The Bertz CT molecular complexity index is 2630. The maximum atomic E-state index is 6.17. The number of aromatic nitrogens is 3. The fourth-order valence-corrected chi connectivity index (χ4v) is 14.1. The van der Waals surface area contributed by atoms with Crippen LogP contribution >= 0.6 is 0 Å². The molecule has 1 radical (unpaired) electrons. The molecule has 4 aliphatic carbocycles. The summed E-state index contributed by atoms with van der Waals surface area (Å²) >= 11 is -1.92. The Morgan fingerprint density at radius 1 is 0.787 bits per heavy atom. The van der Waals surface area contributed by atoms with Gasteiger partial charge in [0.25, 0.3) is 0 Å². The van der Waals surface area contributed by atoms with Crippen LogP contribution in [0, 0.1) is 49.7 Å². The third-order valence-electron chi connectivity index (χ3n) is 13.9. The van der Waals surface area contributed by atoms with E-state index < -0.39 is 13.3 Å². The van der Waals surface area contributed by atoms with Crippen LogP contribution < -0.4 is 9.13 Å². The second-order valence-electron chi connectivity index (χ2n) is 19.0. The van der Waals surface area contributed by atoms with Crippen molar-refractivity contribution in [1.29, 1.82) is 0 Å². The summed E-state index contributed by atoms with van der Waals surface area (Å²) in [6, 6.07) is 32.0. The average molecular weight is 1050 g/mol. The van der Waals surface area contributed by atoms with E-state index in [9.17, 15) is 0 Å². The number of ether oxygens (including phenoxy) is 1. The predicted molar refractivity (Wildman–Crippen MR) is 249 cm³/mol. The van der Waals surface area contributed by atoms with Crippen molar-refractivity contribution in [2.24, 2.45) is 23.7 Å². The monoisotopic (exact) mass is 1050 g/mol. The van der Waals surface area contributed by atoms with E-state index in [2.05, 4.69) is 103 Å². The van der Waals surface area contributed by atoms with E-state index in [1.165, 1.54) is 80.9 Å². The van der Waals surface area contributed by atoms with Crippen LogP contribution in [-0.2, 0) is 32.9 Å². The van der Waals surface area contributed by atoms with Crippen molar-refractivity contribution >= 4 is 39.7 Å². The Labute approximate surface area is 379 Å². The number of pyridine rings is 3. The maximum Gasteiger partial charge on any atom is 0 e. The fraction of sp³-hybridized carbons (Fsp3) is 0.389. The summed E-state index contributed by atoms with van der Waals surface area (Å²) in [5, 5.41) is 0.977. The second-order valence-corrected chi connectivity index (χ2v) is 29.6. The van der Waals surface area contributed by atoms with Crippen LogP contribution in [0.2, 0.25) is 17.3 Å². The van der Waals surface area contributed by atoms with E-state index in [0.717, 1.165) is 86.0 Å². The molecule has 317 valence electrons. The topological polar surface area (TPSA) is 61.0 Å². The van der Waals surface area contributed by atoms with E-state index in [0.29, 0.717) is 5.58 Å². The molecule has 4 aromatic heterocycles. The minimum Gasteiger partial charge on any atom is 0 e. The van der Waals surface area contributed by atoms with Crippen molar-refractivity contribution in [3.63, 3.8) is 0 Å². The number of benzene rings is 3. The third-order valence-corrected chi connectivity index (χ3v) is 18.2. The SMILES string of the molecule is COc1ccccc1-c1ccc2oc3[c-]c(-c4cc(CC5CC6CCC5CC6)ccn4)cnc3c2c1.Cc1[c-]c(-c2nc[c]([Ge]([CH3])([CH3])[CH3])c(CC3CCCC3)c2C)ccc1.[Ir]. The van der Waals surface area contributed by atoms with Crippen molar-refractivity contribution in [3.05, 3.63) is 126 Å². The number of methoxy groups -OCH3 is 1. The Kier molecular flexibility index (Phi) is 13.4. The van der Waals surface area contributed by atoms with Gasteiger partial charge < -0.3 is 19.1 Å². The Hall–Kier alpha value is -4.10. The normalized spacial score (nSPS) is 18.8. The molecule has 4 saturated carbocycles. The molecular formula is C54H59GeIrN3O2-2. The first-order chi connectivity index (χ1) is 29.1. The molecule has 1 atom stereocenters. The van der Waals surface area contributed by atoms with Gasteiger partial charge in [0, 0.05) is 42.8 Å². The molecule has 11 rings (SSSR count). The zero-order valence-corrected chi connectivity index (χ0v) is 41.2. The number of para-hydroxylation sites is 1. The molecule has 0 saturated heterocycles. The first-order valence-electron chi connectivity index (χ1n) is 22.4. The summed E-state index contributed by atoms with van der Waals surface area (Å²) in [6.07, 6.45) is 21.2. The maximum absolute atomic E-state index is 6.17. The number of nitrogens with zero attached hydrogens (tertiary/aromatic N) is 3. The van der Waals surface area contributed by atoms with Gasteiger partial charge in [-0.3, -0.25) is 0 Å². The molecular weight excluding hydrogens is 987 g/mol. The van der Waals surface area contributed by atoms with E-state index in [1.807, 2.05) is 36.7 Å². The summed E-state index contributed by atoms with van der Waals surface area (Å²) in [5.74, 6) is 11.9. The van der Waals surface area contributed by atoms with Gasteiger partial charge in [0.2, 0.25) is 0 Å². The molecule has 4 fully saturated rings. The summed E-state index contributed by atoms with van der Waals surface area (Å²) in [4.78, 5) is 14.4. The van der Waals surface area contributed by atoms with E-state index in [1.54, 1.807) is 17.1 Å². The van der Waals surface area contributed by atoms with Gasteiger partial charge in [-0.1, -0.05) is 67.1 Å². The number of hydrogen-bond donors (Lipinski definition) is 0. The van der Waals surface area contributed by atoms with Crippen LogP contribution in [0.3, 0.4) is 0 Å². The smallest absolute Gasteiger partial charge is 0 e. The van der Waals surface area contributed by atoms with Gasteiger partial charge in [-0.2, -0.15) is 0 Å². The van der Waals surface area contributed by atoms with Crippen molar-refractivity contribution in [2.75, 3.05) is 7.11 Å². The first kappa shape index (κ1) is 43.5. The van der Waals surface area contributed by atoms with Crippen LogP contribution in [0.1, 0.15) is 80.0 Å². The first-order valence-corrected chi connectivity index (χ1v) is 29.8. The van der Waals surface area contributed by atoms with Crippen LogP contribution in [0.15, 0.2) is 95.8 Å². The van der Waals surface area contributed by atoms with Crippen molar-refractivity contribution < 1.29 is 29.3 Å². The quantitative estimate of drug-likeness (QED) is 0.106. The van der Waals surface area contributed by atoms with Gasteiger partial charge in [0.1, 0.15) is 11.3 Å². The Morgan fingerprint density at radius 2 is 1.59 bits per heavy atom. The van der Waals surface area contributed by atoms with E-state index in [4.69, 9.17) is 19.1 Å². The molecule has 7 heteroatoms. The zero-order chi connectivity index (χ0) is 41.4. The number of fused-ring (bicyclic) bond motifs is 6. The molecule has 0 spiro atoms. The fourth-order valence-electron chi connectivity index (χ4n) is 10.6. The van der Waals surface area contributed by atoms with Crippen LogP contribution in [-0.4, -0.2) is 35.3 Å². The molecule has 2 bridgehead atoms. The van der Waals surface area contributed by atoms with Gasteiger partial charge in [0.15, 0.2) is 0 Å². The molecule has 7 aromatic rings. The molecule has 4 heterocycles.